The quantitative estimate of drug-likeness (QED) is 0.907. The zero-order valence-electron chi connectivity index (χ0n) is 11.4. The smallest absolute Gasteiger partial charge is 0.309 e. The molecule has 0 aromatic heterocycles. The van der Waals surface area contributed by atoms with Crippen LogP contribution in [0.3, 0.4) is 0 Å². The van der Waals surface area contributed by atoms with Crippen molar-refractivity contribution in [3.63, 3.8) is 0 Å². The van der Waals surface area contributed by atoms with Gasteiger partial charge in [0.1, 0.15) is 0 Å². The van der Waals surface area contributed by atoms with Gasteiger partial charge in [0, 0.05) is 19.6 Å². The fraction of sp³-hybridized carbons (Fsp3) is 0.562. The molecule has 0 spiro atoms. The number of carbonyl (C=O) groups is 1. The Bertz CT molecular complexity index is 457. The molecular formula is C16H21NO2. The Morgan fingerprint density at radius 3 is 2.37 bits per heavy atom. The van der Waals surface area contributed by atoms with Crippen molar-refractivity contribution in [3.8, 4) is 0 Å². The molecule has 1 saturated carbocycles. The molecule has 1 saturated heterocycles. The number of fused-ring (bicyclic) bond motifs is 1. The van der Waals surface area contributed by atoms with Crippen molar-refractivity contribution >= 4 is 5.97 Å². The highest BCUT2D eigenvalue weighted by atomic mass is 16.4. The summed E-state index contributed by atoms with van der Waals surface area (Å²) in [5, 5.41) is 9.32. The summed E-state index contributed by atoms with van der Waals surface area (Å²) in [5.41, 5.74) is 0.872. The second-order valence-corrected chi connectivity index (χ2v) is 6.47. The van der Waals surface area contributed by atoms with Crippen molar-refractivity contribution in [2.24, 2.45) is 17.3 Å². The summed E-state index contributed by atoms with van der Waals surface area (Å²) in [7, 11) is 0. The van der Waals surface area contributed by atoms with Crippen LogP contribution in [-0.2, 0) is 11.3 Å². The first kappa shape index (κ1) is 12.7. The lowest BCUT2D eigenvalue weighted by Crippen LogP contribution is -2.29. The molecule has 1 N–H and O–H groups in total. The topological polar surface area (TPSA) is 40.5 Å². The summed E-state index contributed by atoms with van der Waals surface area (Å²) < 4.78 is 0. The van der Waals surface area contributed by atoms with Gasteiger partial charge in [0.2, 0.25) is 0 Å². The number of hydrogen-bond acceptors (Lipinski definition) is 2. The third-order valence-corrected chi connectivity index (χ3v) is 4.84. The fourth-order valence-corrected chi connectivity index (χ4v) is 3.88. The first-order valence-corrected chi connectivity index (χ1v) is 7.06. The van der Waals surface area contributed by atoms with Gasteiger partial charge < -0.3 is 5.11 Å². The minimum absolute atomic E-state index is 0.478. The van der Waals surface area contributed by atoms with Gasteiger partial charge in [-0.05, 0) is 37.2 Å². The number of carboxylic acid groups (broad SMARTS) is 1. The van der Waals surface area contributed by atoms with Crippen LogP contribution in [-0.4, -0.2) is 29.1 Å². The Kier molecular flexibility index (Phi) is 3.09. The number of rotatable bonds is 3. The van der Waals surface area contributed by atoms with Gasteiger partial charge in [-0.2, -0.15) is 0 Å². The molecule has 2 aliphatic rings. The third-order valence-electron chi connectivity index (χ3n) is 4.84. The zero-order valence-corrected chi connectivity index (χ0v) is 11.4. The van der Waals surface area contributed by atoms with Gasteiger partial charge in [-0.15, -0.1) is 0 Å². The van der Waals surface area contributed by atoms with Crippen LogP contribution in [0.15, 0.2) is 30.3 Å². The average molecular weight is 259 g/mol. The van der Waals surface area contributed by atoms with E-state index in [9.17, 15) is 9.90 Å². The summed E-state index contributed by atoms with van der Waals surface area (Å²) in [6.45, 7) is 5.03. The van der Waals surface area contributed by atoms with E-state index < -0.39 is 11.4 Å². The second-order valence-electron chi connectivity index (χ2n) is 6.47. The molecule has 0 bridgehead atoms. The summed E-state index contributed by atoms with van der Waals surface area (Å²) >= 11 is 0. The lowest BCUT2D eigenvalue weighted by molar-refractivity contribution is -0.148. The van der Waals surface area contributed by atoms with Crippen LogP contribution in [0, 0.1) is 17.3 Å². The van der Waals surface area contributed by atoms with Gasteiger partial charge in [0.25, 0.3) is 0 Å². The van der Waals surface area contributed by atoms with E-state index >= 15 is 0 Å². The molecular weight excluding hydrogens is 238 g/mol. The number of likely N-dealkylation sites (tertiary alicyclic amines) is 1. The first-order valence-electron chi connectivity index (χ1n) is 7.06. The third kappa shape index (κ3) is 2.39. The number of carboxylic acids is 1. The van der Waals surface area contributed by atoms with Crippen molar-refractivity contribution in [1.82, 2.24) is 4.90 Å². The molecule has 3 nitrogen and oxygen atoms in total. The zero-order chi connectivity index (χ0) is 13.5. The van der Waals surface area contributed by atoms with Crippen LogP contribution in [0.4, 0.5) is 0 Å². The van der Waals surface area contributed by atoms with Gasteiger partial charge in [-0.3, -0.25) is 9.69 Å². The molecule has 2 fully saturated rings. The van der Waals surface area contributed by atoms with Gasteiger partial charge in [-0.25, -0.2) is 0 Å². The monoisotopic (exact) mass is 259 g/mol. The highest BCUT2D eigenvalue weighted by Crippen LogP contribution is 2.49. The highest BCUT2D eigenvalue weighted by Gasteiger charge is 2.50. The lowest BCUT2D eigenvalue weighted by atomic mass is 9.87. The van der Waals surface area contributed by atoms with Crippen molar-refractivity contribution < 1.29 is 9.90 Å². The van der Waals surface area contributed by atoms with Crippen LogP contribution < -0.4 is 0 Å². The molecule has 1 aromatic carbocycles. The Morgan fingerprint density at radius 2 is 1.84 bits per heavy atom. The molecule has 1 aromatic rings. The van der Waals surface area contributed by atoms with Gasteiger partial charge in [0.05, 0.1) is 5.41 Å². The van der Waals surface area contributed by atoms with Crippen molar-refractivity contribution in [2.75, 3.05) is 13.1 Å². The van der Waals surface area contributed by atoms with Gasteiger partial charge in [-0.1, -0.05) is 30.3 Å². The van der Waals surface area contributed by atoms with E-state index in [1.54, 1.807) is 0 Å². The minimum Gasteiger partial charge on any atom is -0.481 e. The molecule has 3 atom stereocenters. The predicted molar refractivity (Wildman–Crippen MR) is 73.7 cm³/mol. The maximum absolute atomic E-state index is 11.3. The molecule has 0 amide bonds. The van der Waals surface area contributed by atoms with E-state index in [-0.39, 0.29) is 0 Å². The van der Waals surface area contributed by atoms with E-state index in [1.807, 2.05) is 13.0 Å². The summed E-state index contributed by atoms with van der Waals surface area (Å²) in [6, 6.07) is 10.5. The Morgan fingerprint density at radius 1 is 1.26 bits per heavy atom. The molecule has 3 rings (SSSR count). The highest BCUT2D eigenvalue weighted by molar-refractivity contribution is 5.74. The van der Waals surface area contributed by atoms with Crippen LogP contribution >= 0.6 is 0 Å². The molecule has 0 radical (unpaired) electrons. The van der Waals surface area contributed by atoms with Crippen LogP contribution in [0.25, 0.3) is 0 Å². The van der Waals surface area contributed by atoms with E-state index in [0.717, 1.165) is 32.5 Å². The number of nitrogens with zero attached hydrogens (tertiary/aromatic N) is 1. The van der Waals surface area contributed by atoms with E-state index in [2.05, 4.69) is 29.2 Å². The fourth-order valence-electron chi connectivity index (χ4n) is 3.88. The Hall–Kier alpha value is -1.35. The number of benzene rings is 1. The largest absolute Gasteiger partial charge is 0.481 e. The predicted octanol–water partition coefficient (Wildman–Crippen LogP) is 2.62. The molecule has 1 aliphatic carbocycles. The van der Waals surface area contributed by atoms with E-state index in [4.69, 9.17) is 0 Å². The molecule has 102 valence electrons. The molecule has 1 heterocycles. The summed E-state index contributed by atoms with van der Waals surface area (Å²) in [5.74, 6) is 0.533. The van der Waals surface area contributed by atoms with Crippen molar-refractivity contribution in [1.29, 1.82) is 0 Å². The second kappa shape index (κ2) is 4.64. The normalized spacial score (nSPS) is 34.4. The number of aliphatic carboxylic acids is 1. The lowest BCUT2D eigenvalue weighted by Gasteiger charge is -2.22. The Labute approximate surface area is 114 Å². The van der Waals surface area contributed by atoms with Crippen LogP contribution in [0.5, 0.6) is 0 Å². The molecule has 19 heavy (non-hydrogen) atoms. The van der Waals surface area contributed by atoms with Gasteiger partial charge in [0.15, 0.2) is 0 Å². The molecule has 3 heteroatoms. The van der Waals surface area contributed by atoms with Gasteiger partial charge >= 0.3 is 5.97 Å². The van der Waals surface area contributed by atoms with Crippen LogP contribution in [0.2, 0.25) is 0 Å². The van der Waals surface area contributed by atoms with E-state index in [1.165, 1.54) is 5.56 Å². The molecule has 0 unspecified atom stereocenters. The first-order chi connectivity index (χ1) is 9.07. The number of hydrogen-bond donors (Lipinski definition) is 1. The van der Waals surface area contributed by atoms with Crippen molar-refractivity contribution in [2.45, 2.75) is 26.3 Å². The maximum atomic E-state index is 11.3. The van der Waals surface area contributed by atoms with Crippen molar-refractivity contribution in [3.05, 3.63) is 35.9 Å². The molecule has 1 aliphatic heterocycles. The SMILES string of the molecule is C[C@]1(C(=O)O)C[C@H]2CN(Cc3ccccc3)C[C@H]2C1. The standard InChI is InChI=1S/C16H21NO2/c1-16(15(18)19)7-13-10-17(11-14(13)8-16)9-12-5-3-2-4-6-12/h2-6,13-14H,7-11H2,1H3,(H,18,19)/t13-,14+,16-. The van der Waals surface area contributed by atoms with Crippen LogP contribution in [0.1, 0.15) is 25.3 Å². The summed E-state index contributed by atoms with van der Waals surface area (Å²) in [6.07, 6.45) is 1.69. The average Bonchev–Trinajstić information content (AvgIpc) is 2.85. The Balaban J connectivity index is 1.61. The summed E-state index contributed by atoms with van der Waals surface area (Å²) in [4.78, 5) is 13.8. The maximum Gasteiger partial charge on any atom is 0.309 e. The van der Waals surface area contributed by atoms with E-state index in [0.29, 0.717) is 11.8 Å². The minimum atomic E-state index is -0.614.